The third-order valence-corrected chi connectivity index (χ3v) is 4.12. The predicted molar refractivity (Wildman–Crippen MR) is 81.5 cm³/mol. The van der Waals surface area contributed by atoms with E-state index in [0.29, 0.717) is 29.4 Å². The second-order valence-corrected chi connectivity index (χ2v) is 5.39. The molecule has 114 valence electrons. The van der Waals surface area contributed by atoms with E-state index in [-0.39, 0.29) is 6.61 Å². The van der Waals surface area contributed by atoms with E-state index in [1.807, 2.05) is 12.4 Å². The molecule has 0 bridgehead atoms. The van der Waals surface area contributed by atoms with Crippen LogP contribution in [0.5, 0.6) is 17.2 Å². The summed E-state index contributed by atoms with van der Waals surface area (Å²) >= 11 is 1.62. The van der Waals surface area contributed by atoms with E-state index in [1.165, 1.54) is 4.88 Å². The Kier molecular flexibility index (Phi) is 5.41. The largest absolute Gasteiger partial charge is 0.493 e. The van der Waals surface area contributed by atoms with Crippen LogP contribution in [-0.4, -0.2) is 30.9 Å². The highest BCUT2D eigenvalue weighted by atomic mass is 32.1. The van der Waals surface area contributed by atoms with E-state index in [1.54, 1.807) is 37.7 Å². The number of benzene rings is 1. The highest BCUT2D eigenvalue weighted by Crippen LogP contribution is 2.38. The number of rotatable bonds is 7. The fourth-order valence-electron chi connectivity index (χ4n) is 1.98. The molecular formula is C15H19NO4S. The lowest BCUT2D eigenvalue weighted by molar-refractivity contribution is 0.268. The number of aryl methyl sites for hydroxylation is 1. The first-order valence-electron chi connectivity index (χ1n) is 6.57. The van der Waals surface area contributed by atoms with Gasteiger partial charge in [0.05, 0.1) is 38.6 Å². The van der Waals surface area contributed by atoms with Crippen LogP contribution in [0.1, 0.15) is 16.1 Å². The maximum absolute atomic E-state index is 9.24. The van der Waals surface area contributed by atoms with Crippen molar-refractivity contribution in [2.24, 2.45) is 0 Å². The lowest BCUT2D eigenvalue weighted by Crippen LogP contribution is -2.05. The Morgan fingerprint density at radius 2 is 1.86 bits per heavy atom. The molecule has 5 nitrogen and oxygen atoms in total. The molecule has 0 radical (unpaired) electrons. The molecule has 1 aromatic carbocycles. The smallest absolute Gasteiger partial charge is 0.203 e. The normalized spacial score (nSPS) is 10.5. The van der Waals surface area contributed by atoms with Gasteiger partial charge in [-0.2, -0.15) is 0 Å². The number of nitrogens with zero attached hydrogens (tertiary/aromatic N) is 1. The van der Waals surface area contributed by atoms with Gasteiger partial charge < -0.3 is 19.3 Å². The first-order chi connectivity index (χ1) is 10.2. The van der Waals surface area contributed by atoms with Crippen LogP contribution >= 0.6 is 11.3 Å². The molecule has 0 unspecified atom stereocenters. The molecule has 0 amide bonds. The van der Waals surface area contributed by atoms with E-state index < -0.39 is 0 Å². The van der Waals surface area contributed by atoms with E-state index in [9.17, 15) is 5.11 Å². The molecule has 0 aliphatic heterocycles. The van der Waals surface area contributed by atoms with Gasteiger partial charge in [-0.05, 0) is 24.6 Å². The molecule has 0 saturated heterocycles. The molecule has 1 heterocycles. The van der Waals surface area contributed by atoms with Crippen LogP contribution in [0.4, 0.5) is 0 Å². The van der Waals surface area contributed by atoms with E-state index in [4.69, 9.17) is 14.2 Å². The van der Waals surface area contributed by atoms with Crippen molar-refractivity contribution in [2.45, 2.75) is 20.0 Å². The topological polar surface area (TPSA) is 60.8 Å². The number of aromatic nitrogens is 1. The number of aliphatic hydroxyl groups is 1. The highest BCUT2D eigenvalue weighted by Gasteiger charge is 2.14. The number of ether oxygens (including phenoxy) is 3. The molecule has 0 spiro atoms. The minimum Gasteiger partial charge on any atom is -0.493 e. The maximum atomic E-state index is 9.24. The van der Waals surface area contributed by atoms with Gasteiger partial charge in [0.25, 0.3) is 0 Å². The number of hydrogen-bond donors (Lipinski definition) is 1. The van der Waals surface area contributed by atoms with Gasteiger partial charge in [0.2, 0.25) is 5.75 Å². The average Bonchev–Trinajstić information content (AvgIpc) is 2.92. The molecule has 1 aromatic heterocycles. The van der Waals surface area contributed by atoms with E-state index >= 15 is 0 Å². The van der Waals surface area contributed by atoms with Crippen molar-refractivity contribution in [3.05, 3.63) is 33.8 Å². The van der Waals surface area contributed by atoms with Crippen LogP contribution in [0.3, 0.4) is 0 Å². The second kappa shape index (κ2) is 7.28. The Labute approximate surface area is 128 Å². The standard InChI is InChI=1S/C15H19NO4S/c1-10-14(21-9-16-10)4-5-20-15-12(18-2)6-11(8-17)7-13(15)19-3/h6-7,9,17H,4-5,8H2,1-3H3. The maximum Gasteiger partial charge on any atom is 0.203 e. The Morgan fingerprint density at radius 3 is 2.33 bits per heavy atom. The van der Waals surface area contributed by atoms with Crippen LogP contribution in [0, 0.1) is 6.92 Å². The molecule has 0 saturated carbocycles. The van der Waals surface area contributed by atoms with Crippen molar-refractivity contribution in [2.75, 3.05) is 20.8 Å². The highest BCUT2D eigenvalue weighted by molar-refractivity contribution is 7.09. The predicted octanol–water partition coefficient (Wildman–Crippen LogP) is 2.58. The Bertz CT molecular complexity index is 572. The number of thiazole rings is 1. The van der Waals surface area contributed by atoms with Crippen molar-refractivity contribution in [3.8, 4) is 17.2 Å². The zero-order valence-electron chi connectivity index (χ0n) is 12.4. The monoisotopic (exact) mass is 309 g/mol. The van der Waals surface area contributed by atoms with Gasteiger partial charge in [-0.15, -0.1) is 11.3 Å². The summed E-state index contributed by atoms with van der Waals surface area (Å²) < 4.78 is 16.5. The summed E-state index contributed by atoms with van der Waals surface area (Å²) in [6, 6.07) is 3.49. The lowest BCUT2D eigenvalue weighted by atomic mass is 10.2. The van der Waals surface area contributed by atoms with Crippen molar-refractivity contribution in [1.29, 1.82) is 0 Å². The molecule has 2 aromatic rings. The van der Waals surface area contributed by atoms with Crippen LogP contribution in [0.25, 0.3) is 0 Å². The molecule has 6 heteroatoms. The summed E-state index contributed by atoms with van der Waals surface area (Å²) in [6.45, 7) is 2.42. The summed E-state index contributed by atoms with van der Waals surface area (Å²) in [4.78, 5) is 5.43. The summed E-state index contributed by atoms with van der Waals surface area (Å²) in [5, 5.41) is 9.24. The number of hydrogen-bond acceptors (Lipinski definition) is 6. The van der Waals surface area contributed by atoms with Gasteiger partial charge in [0.15, 0.2) is 11.5 Å². The minimum absolute atomic E-state index is 0.0763. The van der Waals surface area contributed by atoms with Crippen LogP contribution in [0.15, 0.2) is 17.6 Å². The molecule has 2 rings (SSSR count). The molecule has 21 heavy (non-hydrogen) atoms. The summed E-state index contributed by atoms with van der Waals surface area (Å²) in [6.07, 6.45) is 0.782. The lowest BCUT2D eigenvalue weighted by Gasteiger charge is -2.15. The Hall–Kier alpha value is -1.79. The SMILES string of the molecule is COc1cc(CO)cc(OC)c1OCCc1scnc1C. The first-order valence-corrected chi connectivity index (χ1v) is 7.45. The minimum atomic E-state index is -0.0763. The average molecular weight is 309 g/mol. The van der Waals surface area contributed by atoms with Gasteiger partial charge in [-0.1, -0.05) is 0 Å². The fraction of sp³-hybridized carbons (Fsp3) is 0.400. The summed E-state index contributed by atoms with van der Waals surface area (Å²) in [5.74, 6) is 1.67. The van der Waals surface area contributed by atoms with Crippen LogP contribution in [0.2, 0.25) is 0 Å². The van der Waals surface area contributed by atoms with Crippen molar-refractivity contribution < 1.29 is 19.3 Å². The van der Waals surface area contributed by atoms with Gasteiger partial charge in [0.1, 0.15) is 0 Å². The Balaban J connectivity index is 2.13. The first kappa shape index (κ1) is 15.6. The summed E-state index contributed by atoms with van der Waals surface area (Å²) in [7, 11) is 3.13. The molecule has 0 aliphatic rings. The van der Waals surface area contributed by atoms with Crippen molar-refractivity contribution in [3.63, 3.8) is 0 Å². The quantitative estimate of drug-likeness (QED) is 0.852. The molecule has 0 atom stereocenters. The van der Waals surface area contributed by atoms with Crippen LogP contribution in [-0.2, 0) is 13.0 Å². The molecule has 1 N–H and O–H groups in total. The van der Waals surface area contributed by atoms with Gasteiger partial charge in [-0.25, -0.2) is 4.98 Å². The second-order valence-electron chi connectivity index (χ2n) is 4.45. The number of aliphatic hydroxyl groups excluding tert-OH is 1. The van der Waals surface area contributed by atoms with Gasteiger partial charge in [0, 0.05) is 11.3 Å². The zero-order chi connectivity index (χ0) is 15.2. The van der Waals surface area contributed by atoms with Gasteiger partial charge >= 0.3 is 0 Å². The van der Waals surface area contributed by atoms with Crippen molar-refractivity contribution >= 4 is 11.3 Å². The van der Waals surface area contributed by atoms with E-state index in [2.05, 4.69) is 4.98 Å². The third kappa shape index (κ3) is 3.65. The third-order valence-electron chi connectivity index (χ3n) is 3.12. The summed E-state index contributed by atoms with van der Waals surface area (Å²) in [5.41, 5.74) is 3.59. The van der Waals surface area contributed by atoms with E-state index in [0.717, 1.165) is 12.1 Å². The zero-order valence-corrected chi connectivity index (χ0v) is 13.2. The fourth-order valence-corrected chi connectivity index (χ4v) is 2.74. The molecule has 0 fully saturated rings. The Morgan fingerprint density at radius 1 is 1.19 bits per heavy atom. The van der Waals surface area contributed by atoms with Gasteiger partial charge in [-0.3, -0.25) is 0 Å². The molecule has 0 aliphatic carbocycles. The molecular weight excluding hydrogens is 290 g/mol. The number of methoxy groups -OCH3 is 2. The van der Waals surface area contributed by atoms with Crippen molar-refractivity contribution in [1.82, 2.24) is 4.98 Å². The van der Waals surface area contributed by atoms with Crippen LogP contribution < -0.4 is 14.2 Å².